The van der Waals surface area contributed by atoms with Gasteiger partial charge >= 0.3 is 0 Å². The fraction of sp³-hybridized carbons (Fsp3) is 0.133. The monoisotopic (exact) mass is 258 g/mol. The number of anilines is 2. The van der Waals surface area contributed by atoms with Gasteiger partial charge in [-0.1, -0.05) is 6.07 Å². The Morgan fingerprint density at radius 3 is 2.47 bits per heavy atom. The molecule has 3 nitrogen and oxygen atoms in total. The van der Waals surface area contributed by atoms with Gasteiger partial charge in [-0.2, -0.15) is 0 Å². The van der Waals surface area contributed by atoms with Gasteiger partial charge < -0.3 is 11.1 Å². The summed E-state index contributed by atoms with van der Waals surface area (Å²) in [6.07, 6.45) is 0. The van der Waals surface area contributed by atoms with E-state index in [1.165, 1.54) is 6.07 Å². The minimum absolute atomic E-state index is 0.163. The quantitative estimate of drug-likeness (QED) is 0.812. The molecule has 0 spiro atoms. The maximum absolute atomic E-state index is 13.6. The van der Waals surface area contributed by atoms with Crippen LogP contribution in [0, 0.1) is 19.7 Å². The number of carbonyl (C=O) groups excluding carboxylic acids is 1. The van der Waals surface area contributed by atoms with Crippen LogP contribution in [0.1, 0.15) is 21.5 Å². The number of hydrogen-bond donors (Lipinski definition) is 2. The van der Waals surface area contributed by atoms with Crippen LogP contribution in [0.15, 0.2) is 36.4 Å². The fourth-order valence-electron chi connectivity index (χ4n) is 1.86. The molecule has 1 amide bonds. The van der Waals surface area contributed by atoms with Crippen LogP contribution in [-0.4, -0.2) is 5.91 Å². The molecule has 2 aromatic rings. The van der Waals surface area contributed by atoms with Crippen LogP contribution in [0.4, 0.5) is 15.8 Å². The number of nitrogens with two attached hydrogens (primary N) is 1. The highest BCUT2D eigenvalue weighted by molar-refractivity contribution is 6.05. The van der Waals surface area contributed by atoms with Crippen molar-refractivity contribution < 1.29 is 9.18 Å². The first-order valence-electron chi connectivity index (χ1n) is 5.90. The van der Waals surface area contributed by atoms with Gasteiger partial charge in [0.1, 0.15) is 5.82 Å². The maximum atomic E-state index is 13.6. The third kappa shape index (κ3) is 3.10. The molecule has 0 heterocycles. The molecule has 98 valence electrons. The van der Waals surface area contributed by atoms with Gasteiger partial charge in [0.2, 0.25) is 0 Å². The van der Waals surface area contributed by atoms with Crippen LogP contribution < -0.4 is 11.1 Å². The van der Waals surface area contributed by atoms with Crippen molar-refractivity contribution in [3.63, 3.8) is 0 Å². The largest absolute Gasteiger partial charge is 0.399 e. The van der Waals surface area contributed by atoms with Gasteiger partial charge in [0.05, 0.1) is 5.69 Å². The minimum atomic E-state index is -0.450. The standard InChI is InChI=1S/C15H15FN2O/c1-9-3-4-14(13(16)7-9)18-15(19)11-5-10(2)6-12(17)8-11/h3-8H,17H2,1-2H3,(H,18,19). The summed E-state index contributed by atoms with van der Waals surface area (Å²) >= 11 is 0. The Morgan fingerprint density at radius 2 is 1.84 bits per heavy atom. The van der Waals surface area contributed by atoms with Crippen molar-refractivity contribution in [1.82, 2.24) is 0 Å². The van der Waals surface area contributed by atoms with Gasteiger partial charge in [0.15, 0.2) is 0 Å². The summed E-state index contributed by atoms with van der Waals surface area (Å²) < 4.78 is 13.6. The Labute approximate surface area is 111 Å². The van der Waals surface area contributed by atoms with Crippen LogP contribution in [0.3, 0.4) is 0 Å². The number of halogens is 1. The zero-order chi connectivity index (χ0) is 14.0. The van der Waals surface area contributed by atoms with Crippen molar-refractivity contribution in [3.05, 3.63) is 58.9 Å². The fourth-order valence-corrected chi connectivity index (χ4v) is 1.86. The molecule has 0 aliphatic carbocycles. The molecule has 0 saturated carbocycles. The zero-order valence-electron chi connectivity index (χ0n) is 10.8. The number of benzene rings is 2. The summed E-state index contributed by atoms with van der Waals surface area (Å²) in [7, 11) is 0. The Bertz CT molecular complexity index is 618. The predicted molar refractivity (Wildman–Crippen MR) is 74.7 cm³/mol. The molecule has 19 heavy (non-hydrogen) atoms. The second-order valence-electron chi connectivity index (χ2n) is 4.57. The first-order valence-corrected chi connectivity index (χ1v) is 5.90. The lowest BCUT2D eigenvalue weighted by Gasteiger charge is -2.08. The molecule has 0 fully saturated rings. The summed E-state index contributed by atoms with van der Waals surface area (Å²) in [6.45, 7) is 3.63. The van der Waals surface area contributed by atoms with Gasteiger partial charge in [0.25, 0.3) is 5.91 Å². The van der Waals surface area contributed by atoms with E-state index in [1.54, 1.807) is 37.3 Å². The molecule has 0 atom stereocenters. The summed E-state index contributed by atoms with van der Waals surface area (Å²) in [4.78, 5) is 12.0. The predicted octanol–water partition coefficient (Wildman–Crippen LogP) is 3.28. The lowest BCUT2D eigenvalue weighted by Crippen LogP contribution is -2.13. The van der Waals surface area contributed by atoms with Gasteiger partial charge in [0, 0.05) is 11.3 Å². The highest BCUT2D eigenvalue weighted by Gasteiger charge is 2.10. The van der Waals surface area contributed by atoms with Crippen LogP contribution in [0.5, 0.6) is 0 Å². The van der Waals surface area contributed by atoms with Crippen LogP contribution in [0.25, 0.3) is 0 Å². The average molecular weight is 258 g/mol. The normalized spacial score (nSPS) is 10.3. The number of rotatable bonds is 2. The number of nitrogen functional groups attached to an aromatic ring is 1. The molecular formula is C15H15FN2O. The summed E-state index contributed by atoms with van der Waals surface area (Å²) in [5.74, 6) is -0.827. The third-order valence-electron chi connectivity index (χ3n) is 2.73. The zero-order valence-corrected chi connectivity index (χ0v) is 10.8. The highest BCUT2D eigenvalue weighted by Crippen LogP contribution is 2.18. The number of amides is 1. The number of carbonyl (C=O) groups is 1. The van der Waals surface area contributed by atoms with Gasteiger partial charge in [-0.15, -0.1) is 0 Å². The van der Waals surface area contributed by atoms with E-state index in [0.717, 1.165) is 11.1 Å². The molecular weight excluding hydrogens is 243 g/mol. The first kappa shape index (κ1) is 13.1. The second-order valence-corrected chi connectivity index (χ2v) is 4.57. The Morgan fingerprint density at radius 1 is 1.11 bits per heavy atom. The lowest BCUT2D eigenvalue weighted by atomic mass is 10.1. The van der Waals surface area contributed by atoms with Crippen LogP contribution >= 0.6 is 0 Å². The molecule has 0 aliphatic rings. The molecule has 2 aromatic carbocycles. The molecule has 3 N–H and O–H groups in total. The van der Waals surface area contributed by atoms with E-state index in [-0.39, 0.29) is 11.6 Å². The van der Waals surface area contributed by atoms with Crippen molar-refractivity contribution in [2.75, 3.05) is 11.1 Å². The topological polar surface area (TPSA) is 55.1 Å². The van der Waals surface area contributed by atoms with Crippen molar-refractivity contribution in [2.45, 2.75) is 13.8 Å². The van der Waals surface area contributed by atoms with E-state index in [0.29, 0.717) is 11.3 Å². The Kier molecular flexibility index (Phi) is 3.51. The van der Waals surface area contributed by atoms with E-state index < -0.39 is 5.82 Å². The summed E-state index contributed by atoms with van der Waals surface area (Å²) in [6, 6.07) is 9.70. The molecule has 0 aliphatic heterocycles. The van der Waals surface area contributed by atoms with E-state index in [4.69, 9.17) is 5.73 Å². The smallest absolute Gasteiger partial charge is 0.255 e. The number of aryl methyl sites for hydroxylation is 2. The van der Waals surface area contributed by atoms with Crippen molar-refractivity contribution in [2.24, 2.45) is 0 Å². The minimum Gasteiger partial charge on any atom is -0.399 e. The molecule has 0 saturated heterocycles. The van der Waals surface area contributed by atoms with Crippen LogP contribution in [-0.2, 0) is 0 Å². The van der Waals surface area contributed by atoms with Gasteiger partial charge in [-0.25, -0.2) is 4.39 Å². The Balaban J connectivity index is 2.25. The summed E-state index contributed by atoms with van der Waals surface area (Å²) in [5.41, 5.74) is 8.46. The van der Waals surface area contributed by atoms with E-state index in [2.05, 4.69) is 5.32 Å². The van der Waals surface area contributed by atoms with Gasteiger partial charge in [-0.3, -0.25) is 4.79 Å². The van der Waals surface area contributed by atoms with Crippen molar-refractivity contribution in [1.29, 1.82) is 0 Å². The highest BCUT2D eigenvalue weighted by atomic mass is 19.1. The number of nitrogens with one attached hydrogen (secondary N) is 1. The molecule has 0 bridgehead atoms. The molecule has 0 unspecified atom stereocenters. The van der Waals surface area contributed by atoms with E-state index in [1.807, 2.05) is 6.92 Å². The van der Waals surface area contributed by atoms with Gasteiger partial charge in [-0.05, 0) is 55.3 Å². The third-order valence-corrected chi connectivity index (χ3v) is 2.73. The van der Waals surface area contributed by atoms with E-state index >= 15 is 0 Å². The van der Waals surface area contributed by atoms with E-state index in [9.17, 15) is 9.18 Å². The van der Waals surface area contributed by atoms with Crippen molar-refractivity contribution >= 4 is 17.3 Å². The maximum Gasteiger partial charge on any atom is 0.255 e. The first-order chi connectivity index (χ1) is 8.95. The Hall–Kier alpha value is -2.36. The molecule has 4 heteroatoms. The molecule has 0 radical (unpaired) electrons. The summed E-state index contributed by atoms with van der Waals surface area (Å²) in [5, 5.41) is 2.54. The second kappa shape index (κ2) is 5.10. The lowest BCUT2D eigenvalue weighted by molar-refractivity contribution is 0.102. The average Bonchev–Trinajstić information content (AvgIpc) is 2.31. The number of hydrogen-bond acceptors (Lipinski definition) is 2. The van der Waals surface area contributed by atoms with Crippen LogP contribution in [0.2, 0.25) is 0 Å². The SMILES string of the molecule is Cc1cc(N)cc(C(=O)Nc2ccc(C)cc2F)c1. The van der Waals surface area contributed by atoms with Crippen molar-refractivity contribution in [3.8, 4) is 0 Å². The molecule has 0 aromatic heterocycles. The molecule has 2 rings (SSSR count).